The predicted molar refractivity (Wildman–Crippen MR) is 59.5 cm³/mol. The second-order valence-electron chi connectivity index (χ2n) is 3.34. The van der Waals surface area contributed by atoms with E-state index in [0.717, 1.165) is 25.2 Å². The maximum absolute atomic E-state index is 5.64. The summed E-state index contributed by atoms with van der Waals surface area (Å²) in [6.45, 7) is 5.63. The molecule has 0 bridgehead atoms. The van der Waals surface area contributed by atoms with Crippen LogP contribution in [0.3, 0.4) is 0 Å². The van der Waals surface area contributed by atoms with E-state index < -0.39 is 0 Å². The summed E-state index contributed by atoms with van der Waals surface area (Å²) in [6.07, 6.45) is 2.05. The van der Waals surface area contributed by atoms with Crippen LogP contribution in [0.5, 0.6) is 5.75 Å². The predicted octanol–water partition coefficient (Wildman–Crippen LogP) is 2.50. The first-order chi connectivity index (χ1) is 6.81. The van der Waals surface area contributed by atoms with E-state index in [2.05, 4.69) is 26.0 Å². The van der Waals surface area contributed by atoms with Gasteiger partial charge in [-0.3, -0.25) is 0 Å². The van der Waals surface area contributed by atoms with E-state index in [1.54, 1.807) is 0 Å². The average Bonchev–Trinajstić information content (AvgIpc) is 2.25. The summed E-state index contributed by atoms with van der Waals surface area (Å²) >= 11 is 0. The topological polar surface area (TPSA) is 35.2 Å². The van der Waals surface area contributed by atoms with Crippen molar-refractivity contribution in [2.45, 2.75) is 33.2 Å². The summed E-state index contributed by atoms with van der Waals surface area (Å²) in [5.74, 6) is 0.959. The van der Waals surface area contributed by atoms with Gasteiger partial charge in [-0.25, -0.2) is 0 Å². The second-order valence-corrected chi connectivity index (χ2v) is 3.34. The Morgan fingerprint density at radius 3 is 2.57 bits per heavy atom. The number of aryl methyl sites for hydroxylation is 1. The fourth-order valence-electron chi connectivity index (χ4n) is 1.44. The zero-order valence-corrected chi connectivity index (χ0v) is 9.05. The van der Waals surface area contributed by atoms with Gasteiger partial charge in [-0.05, 0) is 36.1 Å². The Kier molecular flexibility index (Phi) is 4.47. The van der Waals surface area contributed by atoms with Crippen LogP contribution in [0.1, 0.15) is 31.4 Å². The van der Waals surface area contributed by atoms with Gasteiger partial charge in [0.2, 0.25) is 0 Å². The lowest BCUT2D eigenvalue weighted by Crippen LogP contribution is -2.02. The molecular weight excluding hydrogens is 174 g/mol. The molecule has 2 N–H and O–H groups in total. The van der Waals surface area contributed by atoms with Gasteiger partial charge in [0, 0.05) is 6.54 Å². The molecule has 0 aliphatic carbocycles. The first-order valence-electron chi connectivity index (χ1n) is 5.26. The van der Waals surface area contributed by atoms with Gasteiger partial charge in [0.25, 0.3) is 0 Å². The van der Waals surface area contributed by atoms with E-state index in [9.17, 15) is 0 Å². The van der Waals surface area contributed by atoms with Crippen LogP contribution in [0.4, 0.5) is 0 Å². The third-order valence-corrected chi connectivity index (χ3v) is 2.25. The van der Waals surface area contributed by atoms with Crippen molar-refractivity contribution in [3.8, 4) is 5.75 Å². The number of hydrogen-bond donors (Lipinski definition) is 1. The molecule has 0 amide bonds. The van der Waals surface area contributed by atoms with Gasteiger partial charge in [0.1, 0.15) is 5.75 Å². The van der Waals surface area contributed by atoms with Crippen molar-refractivity contribution in [1.29, 1.82) is 0 Å². The standard InChI is InChI=1S/C12H19NO/c1-3-7-14-12-6-5-11(9-13)10(4-2)8-12/h5-6,8H,3-4,7,9,13H2,1-2H3. The van der Waals surface area contributed by atoms with Crippen LogP contribution in [0.15, 0.2) is 18.2 Å². The summed E-state index contributed by atoms with van der Waals surface area (Å²) in [5.41, 5.74) is 8.15. The summed E-state index contributed by atoms with van der Waals surface area (Å²) < 4.78 is 5.56. The maximum Gasteiger partial charge on any atom is 0.119 e. The summed E-state index contributed by atoms with van der Waals surface area (Å²) in [4.78, 5) is 0. The Morgan fingerprint density at radius 2 is 2.00 bits per heavy atom. The molecule has 0 aromatic heterocycles. The summed E-state index contributed by atoms with van der Waals surface area (Å²) in [5, 5.41) is 0. The van der Waals surface area contributed by atoms with Crippen molar-refractivity contribution < 1.29 is 4.74 Å². The minimum atomic E-state index is 0.608. The zero-order chi connectivity index (χ0) is 10.4. The molecule has 1 aromatic rings. The van der Waals surface area contributed by atoms with Crippen molar-refractivity contribution >= 4 is 0 Å². The van der Waals surface area contributed by atoms with Crippen LogP contribution < -0.4 is 10.5 Å². The molecular formula is C12H19NO. The molecule has 0 saturated carbocycles. The molecule has 0 radical (unpaired) electrons. The van der Waals surface area contributed by atoms with E-state index in [0.29, 0.717) is 6.54 Å². The minimum absolute atomic E-state index is 0.608. The smallest absolute Gasteiger partial charge is 0.119 e. The largest absolute Gasteiger partial charge is 0.494 e. The SMILES string of the molecule is CCCOc1ccc(CN)c(CC)c1. The van der Waals surface area contributed by atoms with Gasteiger partial charge in [0.15, 0.2) is 0 Å². The molecule has 0 aliphatic heterocycles. The van der Waals surface area contributed by atoms with E-state index in [-0.39, 0.29) is 0 Å². The normalized spacial score (nSPS) is 10.2. The van der Waals surface area contributed by atoms with Crippen LogP contribution >= 0.6 is 0 Å². The molecule has 2 nitrogen and oxygen atoms in total. The number of benzene rings is 1. The number of nitrogens with two attached hydrogens (primary N) is 1. The second kappa shape index (κ2) is 5.66. The van der Waals surface area contributed by atoms with Gasteiger partial charge in [-0.2, -0.15) is 0 Å². The minimum Gasteiger partial charge on any atom is -0.494 e. The molecule has 14 heavy (non-hydrogen) atoms. The molecule has 0 fully saturated rings. The van der Waals surface area contributed by atoms with Gasteiger partial charge in [-0.15, -0.1) is 0 Å². The molecule has 0 saturated heterocycles. The van der Waals surface area contributed by atoms with E-state index >= 15 is 0 Å². The van der Waals surface area contributed by atoms with E-state index in [1.807, 2.05) is 6.07 Å². The van der Waals surface area contributed by atoms with E-state index in [4.69, 9.17) is 10.5 Å². The van der Waals surface area contributed by atoms with Crippen LogP contribution in [-0.2, 0) is 13.0 Å². The molecule has 1 rings (SSSR count). The zero-order valence-electron chi connectivity index (χ0n) is 9.05. The molecule has 78 valence electrons. The highest BCUT2D eigenvalue weighted by atomic mass is 16.5. The monoisotopic (exact) mass is 193 g/mol. The highest BCUT2D eigenvalue weighted by molar-refractivity contribution is 5.35. The van der Waals surface area contributed by atoms with Crippen LogP contribution in [0, 0.1) is 0 Å². The Balaban J connectivity index is 2.79. The summed E-state index contributed by atoms with van der Waals surface area (Å²) in [6, 6.07) is 6.15. The number of hydrogen-bond acceptors (Lipinski definition) is 2. The van der Waals surface area contributed by atoms with Gasteiger partial charge < -0.3 is 10.5 Å². The average molecular weight is 193 g/mol. The van der Waals surface area contributed by atoms with Gasteiger partial charge in [-0.1, -0.05) is 19.9 Å². The lowest BCUT2D eigenvalue weighted by Gasteiger charge is -2.09. The van der Waals surface area contributed by atoms with Crippen LogP contribution in [0.2, 0.25) is 0 Å². The quantitative estimate of drug-likeness (QED) is 0.779. The Hall–Kier alpha value is -1.02. The fraction of sp³-hybridized carbons (Fsp3) is 0.500. The first-order valence-corrected chi connectivity index (χ1v) is 5.26. The van der Waals surface area contributed by atoms with Crippen molar-refractivity contribution in [3.63, 3.8) is 0 Å². The molecule has 2 heteroatoms. The molecule has 0 heterocycles. The van der Waals surface area contributed by atoms with Crippen molar-refractivity contribution in [2.24, 2.45) is 5.73 Å². The van der Waals surface area contributed by atoms with Crippen LogP contribution in [0.25, 0.3) is 0 Å². The lowest BCUT2D eigenvalue weighted by molar-refractivity contribution is 0.317. The summed E-state index contributed by atoms with van der Waals surface area (Å²) in [7, 11) is 0. The third kappa shape index (κ3) is 2.74. The first kappa shape index (κ1) is 11.1. The lowest BCUT2D eigenvalue weighted by atomic mass is 10.1. The fourth-order valence-corrected chi connectivity index (χ4v) is 1.44. The molecule has 0 atom stereocenters. The molecule has 0 aliphatic rings. The highest BCUT2D eigenvalue weighted by Crippen LogP contribution is 2.18. The Bertz CT molecular complexity index is 284. The third-order valence-electron chi connectivity index (χ3n) is 2.25. The number of ether oxygens (including phenoxy) is 1. The van der Waals surface area contributed by atoms with Crippen molar-refractivity contribution in [3.05, 3.63) is 29.3 Å². The molecule has 1 aromatic carbocycles. The van der Waals surface area contributed by atoms with Gasteiger partial charge >= 0.3 is 0 Å². The Labute approximate surface area is 86.1 Å². The molecule has 0 unspecified atom stereocenters. The van der Waals surface area contributed by atoms with Gasteiger partial charge in [0.05, 0.1) is 6.61 Å². The van der Waals surface area contributed by atoms with Crippen molar-refractivity contribution in [2.75, 3.05) is 6.61 Å². The highest BCUT2D eigenvalue weighted by Gasteiger charge is 2.01. The van der Waals surface area contributed by atoms with Crippen LogP contribution in [-0.4, -0.2) is 6.61 Å². The molecule has 0 spiro atoms. The maximum atomic E-state index is 5.64. The number of rotatable bonds is 5. The Morgan fingerprint density at radius 1 is 1.21 bits per heavy atom. The van der Waals surface area contributed by atoms with Crippen molar-refractivity contribution in [1.82, 2.24) is 0 Å². The van der Waals surface area contributed by atoms with E-state index in [1.165, 1.54) is 11.1 Å².